The molecule has 0 radical (unpaired) electrons. The summed E-state index contributed by atoms with van der Waals surface area (Å²) >= 11 is 0. The predicted octanol–water partition coefficient (Wildman–Crippen LogP) is 3.27. The third kappa shape index (κ3) is 3.47. The van der Waals surface area contributed by atoms with Crippen LogP contribution in [0.3, 0.4) is 0 Å². The van der Waals surface area contributed by atoms with Gasteiger partial charge in [0.1, 0.15) is 0 Å². The normalized spacial score (nSPS) is 15.9. The van der Waals surface area contributed by atoms with E-state index in [1.165, 1.54) is 36.9 Å². The van der Waals surface area contributed by atoms with Crippen molar-refractivity contribution < 1.29 is 0 Å². The SMILES string of the molecule is CCNCc1cnc(C)cc1N(CC)C1CCCC1. The van der Waals surface area contributed by atoms with E-state index in [4.69, 9.17) is 0 Å². The molecule has 1 aliphatic rings. The molecule has 0 aliphatic heterocycles. The van der Waals surface area contributed by atoms with E-state index in [-0.39, 0.29) is 0 Å². The molecule has 0 bridgehead atoms. The molecule has 2 rings (SSSR count). The molecule has 0 atom stereocenters. The topological polar surface area (TPSA) is 28.2 Å². The van der Waals surface area contributed by atoms with Crippen molar-refractivity contribution in [2.75, 3.05) is 18.0 Å². The molecule has 0 amide bonds. The lowest BCUT2D eigenvalue weighted by atomic mass is 10.1. The highest BCUT2D eigenvalue weighted by Crippen LogP contribution is 2.30. The van der Waals surface area contributed by atoms with Crippen LogP contribution in [-0.4, -0.2) is 24.1 Å². The molecular formula is C16H27N3. The molecule has 0 saturated heterocycles. The van der Waals surface area contributed by atoms with Crippen molar-refractivity contribution in [1.29, 1.82) is 0 Å². The second-order valence-corrected chi connectivity index (χ2v) is 5.46. The Hall–Kier alpha value is -1.09. The molecule has 19 heavy (non-hydrogen) atoms. The third-order valence-electron chi connectivity index (χ3n) is 4.08. The summed E-state index contributed by atoms with van der Waals surface area (Å²) in [6.45, 7) is 9.52. The van der Waals surface area contributed by atoms with Gasteiger partial charge in [0.2, 0.25) is 0 Å². The summed E-state index contributed by atoms with van der Waals surface area (Å²) in [5, 5.41) is 3.43. The van der Waals surface area contributed by atoms with Crippen molar-refractivity contribution in [3.8, 4) is 0 Å². The number of rotatable bonds is 6. The molecule has 0 unspecified atom stereocenters. The van der Waals surface area contributed by atoms with Gasteiger partial charge in [-0.2, -0.15) is 0 Å². The number of anilines is 1. The average Bonchev–Trinajstić information content (AvgIpc) is 2.93. The van der Waals surface area contributed by atoms with Crippen LogP contribution in [0.25, 0.3) is 0 Å². The Morgan fingerprint density at radius 2 is 2.05 bits per heavy atom. The molecule has 3 nitrogen and oxygen atoms in total. The van der Waals surface area contributed by atoms with Gasteiger partial charge in [-0.25, -0.2) is 0 Å². The minimum atomic E-state index is 0.729. The first kappa shape index (κ1) is 14.3. The van der Waals surface area contributed by atoms with E-state index in [0.29, 0.717) is 0 Å². The Morgan fingerprint density at radius 1 is 1.32 bits per heavy atom. The van der Waals surface area contributed by atoms with E-state index in [1.807, 2.05) is 6.20 Å². The van der Waals surface area contributed by atoms with Gasteiger partial charge in [-0.3, -0.25) is 4.98 Å². The largest absolute Gasteiger partial charge is 0.368 e. The molecule has 3 heteroatoms. The zero-order valence-corrected chi connectivity index (χ0v) is 12.6. The standard InChI is InChI=1S/C16H27N3/c1-4-17-11-14-12-18-13(3)10-16(14)19(5-2)15-8-6-7-9-15/h10,12,15,17H,4-9,11H2,1-3H3. The van der Waals surface area contributed by atoms with Gasteiger partial charge in [0, 0.05) is 42.3 Å². The van der Waals surface area contributed by atoms with Crippen molar-refractivity contribution in [1.82, 2.24) is 10.3 Å². The summed E-state index contributed by atoms with van der Waals surface area (Å²) in [6.07, 6.45) is 7.50. The Kier molecular flexibility index (Phi) is 5.20. The van der Waals surface area contributed by atoms with Crippen molar-refractivity contribution in [2.24, 2.45) is 0 Å². The van der Waals surface area contributed by atoms with Crippen LogP contribution in [-0.2, 0) is 6.54 Å². The molecule has 1 saturated carbocycles. The molecule has 1 N–H and O–H groups in total. The van der Waals surface area contributed by atoms with Gasteiger partial charge in [0.15, 0.2) is 0 Å². The van der Waals surface area contributed by atoms with Crippen LogP contribution in [0.1, 0.15) is 50.8 Å². The number of hydrogen-bond donors (Lipinski definition) is 1. The van der Waals surface area contributed by atoms with Crippen molar-refractivity contribution in [3.63, 3.8) is 0 Å². The molecule has 1 aromatic rings. The quantitative estimate of drug-likeness (QED) is 0.852. The number of pyridine rings is 1. The number of nitrogens with one attached hydrogen (secondary N) is 1. The van der Waals surface area contributed by atoms with E-state index in [0.717, 1.165) is 31.4 Å². The number of nitrogens with zero attached hydrogens (tertiary/aromatic N) is 2. The van der Waals surface area contributed by atoms with E-state index in [9.17, 15) is 0 Å². The van der Waals surface area contributed by atoms with Crippen molar-refractivity contribution in [2.45, 2.75) is 59.0 Å². The monoisotopic (exact) mass is 261 g/mol. The summed E-state index contributed by atoms with van der Waals surface area (Å²) < 4.78 is 0. The number of aromatic nitrogens is 1. The molecule has 1 heterocycles. The summed E-state index contributed by atoms with van der Waals surface area (Å²) in [5.74, 6) is 0. The van der Waals surface area contributed by atoms with Crippen LogP contribution in [0.4, 0.5) is 5.69 Å². The van der Waals surface area contributed by atoms with E-state index in [2.05, 4.69) is 42.0 Å². The first-order chi connectivity index (χ1) is 9.26. The zero-order valence-electron chi connectivity index (χ0n) is 12.6. The van der Waals surface area contributed by atoms with E-state index in [1.54, 1.807) is 0 Å². The van der Waals surface area contributed by atoms with Gasteiger partial charge in [0.25, 0.3) is 0 Å². The minimum Gasteiger partial charge on any atom is -0.368 e. The van der Waals surface area contributed by atoms with Crippen LogP contribution < -0.4 is 10.2 Å². The summed E-state index contributed by atoms with van der Waals surface area (Å²) in [4.78, 5) is 7.06. The van der Waals surface area contributed by atoms with Gasteiger partial charge in [-0.1, -0.05) is 19.8 Å². The second-order valence-electron chi connectivity index (χ2n) is 5.46. The molecule has 1 aliphatic carbocycles. The van der Waals surface area contributed by atoms with Crippen molar-refractivity contribution in [3.05, 3.63) is 23.5 Å². The number of aryl methyl sites for hydroxylation is 1. The lowest BCUT2D eigenvalue weighted by Crippen LogP contribution is -2.34. The Bertz CT molecular complexity index is 397. The highest BCUT2D eigenvalue weighted by molar-refractivity contribution is 5.54. The van der Waals surface area contributed by atoms with Crippen LogP contribution in [0.5, 0.6) is 0 Å². The summed E-state index contributed by atoms with van der Waals surface area (Å²) in [7, 11) is 0. The average molecular weight is 261 g/mol. The lowest BCUT2D eigenvalue weighted by molar-refractivity contribution is 0.613. The van der Waals surface area contributed by atoms with E-state index < -0.39 is 0 Å². The highest BCUT2D eigenvalue weighted by atomic mass is 15.2. The maximum Gasteiger partial charge on any atom is 0.0447 e. The fraction of sp³-hybridized carbons (Fsp3) is 0.688. The minimum absolute atomic E-state index is 0.729. The fourth-order valence-electron chi connectivity index (χ4n) is 3.08. The zero-order chi connectivity index (χ0) is 13.7. The Labute approximate surface area is 117 Å². The van der Waals surface area contributed by atoms with Crippen LogP contribution in [0.15, 0.2) is 12.3 Å². The first-order valence-corrected chi connectivity index (χ1v) is 7.69. The first-order valence-electron chi connectivity index (χ1n) is 7.69. The highest BCUT2D eigenvalue weighted by Gasteiger charge is 2.23. The lowest BCUT2D eigenvalue weighted by Gasteiger charge is -2.32. The van der Waals surface area contributed by atoms with Crippen LogP contribution in [0, 0.1) is 6.92 Å². The summed E-state index contributed by atoms with van der Waals surface area (Å²) in [6, 6.07) is 2.99. The molecule has 1 fully saturated rings. The predicted molar refractivity (Wildman–Crippen MR) is 81.6 cm³/mol. The summed E-state index contributed by atoms with van der Waals surface area (Å²) in [5.41, 5.74) is 3.84. The number of hydrogen-bond acceptors (Lipinski definition) is 3. The smallest absolute Gasteiger partial charge is 0.0447 e. The fourth-order valence-corrected chi connectivity index (χ4v) is 3.08. The molecule has 0 aromatic carbocycles. The van der Waals surface area contributed by atoms with Gasteiger partial charge < -0.3 is 10.2 Å². The third-order valence-corrected chi connectivity index (χ3v) is 4.08. The van der Waals surface area contributed by atoms with Crippen LogP contribution >= 0.6 is 0 Å². The second kappa shape index (κ2) is 6.90. The van der Waals surface area contributed by atoms with Gasteiger partial charge in [0.05, 0.1) is 0 Å². The van der Waals surface area contributed by atoms with Crippen molar-refractivity contribution >= 4 is 5.69 Å². The molecule has 0 spiro atoms. The molecule has 1 aromatic heterocycles. The van der Waals surface area contributed by atoms with Gasteiger partial charge in [-0.15, -0.1) is 0 Å². The van der Waals surface area contributed by atoms with E-state index >= 15 is 0 Å². The maximum atomic E-state index is 4.47. The Balaban J connectivity index is 2.25. The molecule has 106 valence electrons. The Morgan fingerprint density at radius 3 is 2.68 bits per heavy atom. The molecular weight excluding hydrogens is 234 g/mol. The maximum absolute atomic E-state index is 4.47. The van der Waals surface area contributed by atoms with Crippen LogP contribution in [0.2, 0.25) is 0 Å². The van der Waals surface area contributed by atoms with Gasteiger partial charge >= 0.3 is 0 Å². The van der Waals surface area contributed by atoms with Gasteiger partial charge in [-0.05, 0) is 39.3 Å².